The fraction of sp³-hybridized carbons (Fsp3) is 0.476. The molecule has 1 atom stereocenters. The summed E-state index contributed by atoms with van der Waals surface area (Å²) in [5, 5.41) is 4.35. The van der Waals surface area contributed by atoms with E-state index >= 15 is 0 Å². The largest absolute Gasteiger partial charge is 0.489 e. The van der Waals surface area contributed by atoms with Gasteiger partial charge < -0.3 is 15.0 Å². The number of aromatic nitrogens is 1. The van der Waals surface area contributed by atoms with Crippen LogP contribution >= 0.6 is 11.6 Å². The normalized spacial score (nSPS) is 17.0. The van der Waals surface area contributed by atoms with E-state index in [1.54, 1.807) is 6.20 Å². The van der Waals surface area contributed by atoms with Gasteiger partial charge in [0.05, 0.1) is 0 Å². The molecule has 1 aromatic carbocycles. The second-order valence-corrected chi connectivity index (χ2v) is 7.72. The van der Waals surface area contributed by atoms with Crippen LogP contribution in [-0.2, 0) is 13.2 Å². The molecule has 1 unspecified atom stereocenters. The number of hydrogen-bond acceptors (Lipinski definition) is 5. The van der Waals surface area contributed by atoms with Crippen molar-refractivity contribution in [1.29, 1.82) is 0 Å². The highest BCUT2D eigenvalue weighted by Crippen LogP contribution is 2.24. The highest BCUT2D eigenvalue weighted by molar-refractivity contribution is 6.30. The van der Waals surface area contributed by atoms with Crippen LogP contribution in [0.1, 0.15) is 18.1 Å². The Morgan fingerprint density at radius 2 is 2.04 bits per heavy atom. The zero-order chi connectivity index (χ0) is 19.1. The van der Waals surface area contributed by atoms with Crippen molar-refractivity contribution in [2.75, 3.05) is 39.8 Å². The number of rotatable bonds is 8. The highest BCUT2D eigenvalue weighted by Gasteiger charge is 2.16. The third-order valence-electron chi connectivity index (χ3n) is 4.91. The van der Waals surface area contributed by atoms with E-state index in [2.05, 4.69) is 34.1 Å². The van der Waals surface area contributed by atoms with Gasteiger partial charge >= 0.3 is 0 Å². The highest BCUT2D eigenvalue weighted by atomic mass is 35.5. The summed E-state index contributed by atoms with van der Waals surface area (Å²) in [7, 11) is 2.19. The predicted molar refractivity (Wildman–Crippen MR) is 110 cm³/mol. The summed E-state index contributed by atoms with van der Waals surface area (Å²) in [6.45, 7) is 9.09. The minimum Gasteiger partial charge on any atom is -0.489 e. The van der Waals surface area contributed by atoms with Crippen LogP contribution in [0, 0.1) is 0 Å². The first-order chi connectivity index (χ1) is 13.1. The first-order valence-electron chi connectivity index (χ1n) is 9.54. The molecule has 2 aromatic rings. The van der Waals surface area contributed by atoms with Crippen LogP contribution in [0.4, 0.5) is 0 Å². The quantitative estimate of drug-likeness (QED) is 0.752. The lowest BCUT2D eigenvalue weighted by molar-refractivity contribution is 0.144. The summed E-state index contributed by atoms with van der Waals surface area (Å²) in [6, 6.07) is 10.1. The van der Waals surface area contributed by atoms with Crippen LogP contribution in [-0.4, -0.2) is 60.6 Å². The number of likely N-dealkylation sites (N-methyl/N-ethyl adjacent to an activating group) is 1. The Hall–Kier alpha value is -1.66. The molecular formula is C21H29ClN4O. The van der Waals surface area contributed by atoms with Gasteiger partial charge in [0.15, 0.2) is 0 Å². The van der Waals surface area contributed by atoms with Crippen LogP contribution in [0.3, 0.4) is 0 Å². The maximum atomic E-state index is 6.21. The Labute approximate surface area is 167 Å². The summed E-state index contributed by atoms with van der Waals surface area (Å²) >= 11 is 6.21. The number of nitrogens with one attached hydrogen (secondary N) is 1. The Balaban J connectivity index is 1.53. The van der Waals surface area contributed by atoms with Gasteiger partial charge in [0.25, 0.3) is 0 Å². The van der Waals surface area contributed by atoms with Gasteiger partial charge in [-0.05, 0) is 38.2 Å². The molecule has 2 heterocycles. The summed E-state index contributed by atoms with van der Waals surface area (Å²) in [6.07, 6.45) is 3.59. The average molecular weight is 389 g/mol. The molecule has 0 aliphatic carbocycles. The van der Waals surface area contributed by atoms with Gasteiger partial charge in [-0.25, -0.2) is 0 Å². The average Bonchev–Trinajstić information content (AvgIpc) is 2.68. The molecule has 5 nitrogen and oxygen atoms in total. The van der Waals surface area contributed by atoms with Crippen LogP contribution < -0.4 is 10.1 Å². The first kappa shape index (κ1) is 20.1. The number of nitrogens with zero attached hydrogens (tertiary/aromatic N) is 3. The van der Waals surface area contributed by atoms with Crippen LogP contribution in [0.2, 0.25) is 5.02 Å². The van der Waals surface area contributed by atoms with Crippen molar-refractivity contribution in [2.24, 2.45) is 0 Å². The van der Waals surface area contributed by atoms with Crippen molar-refractivity contribution in [1.82, 2.24) is 20.1 Å². The van der Waals surface area contributed by atoms with Crippen molar-refractivity contribution in [2.45, 2.75) is 26.1 Å². The summed E-state index contributed by atoms with van der Waals surface area (Å²) in [5.74, 6) is 0.863. The molecule has 0 amide bonds. The van der Waals surface area contributed by atoms with E-state index in [0.29, 0.717) is 12.6 Å². The molecule has 1 fully saturated rings. The zero-order valence-corrected chi connectivity index (χ0v) is 17.0. The second-order valence-electron chi connectivity index (χ2n) is 7.29. The third kappa shape index (κ3) is 6.47. The predicted octanol–water partition coefficient (Wildman–Crippen LogP) is 3.04. The van der Waals surface area contributed by atoms with Crippen molar-refractivity contribution in [3.63, 3.8) is 0 Å². The number of halogens is 1. The van der Waals surface area contributed by atoms with E-state index in [4.69, 9.17) is 16.3 Å². The van der Waals surface area contributed by atoms with E-state index in [9.17, 15) is 0 Å². The molecule has 0 saturated carbocycles. The second kappa shape index (κ2) is 10.0. The molecule has 146 valence electrons. The van der Waals surface area contributed by atoms with Crippen molar-refractivity contribution in [3.8, 4) is 5.75 Å². The number of piperazine rings is 1. The summed E-state index contributed by atoms with van der Waals surface area (Å²) in [4.78, 5) is 9.04. The Morgan fingerprint density at radius 1 is 1.22 bits per heavy atom. The van der Waals surface area contributed by atoms with E-state index in [1.807, 2.05) is 36.5 Å². The number of ether oxygens (including phenoxy) is 1. The van der Waals surface area contributed by atoms with Gasteiger partial charge in [-0.3, -0.25) is 9.88 Å². The van der Waals surface area contributed by atoms with Gasteiger partial charge in [-0.15, -0.1) is 0 Å². The molecule has 1 aliphatic rings. The summed E-state index contributed by atoms with van der Waals surface area (Å²) in [5.41, 5.74) is 2.13. The lowest BCUT2D eigenvalue weighted by Crippen LogP contribution is -2.48. The van der Waals surface area contributed by atoms with Crippen molar-refractivity contribution < 1.29 is 4.74 Å². The zero-order valence-electron chi connectivity index (χ0n) is 16.2. The molecule has 1 aromatic heterocycles. The molecule has 3 rings (SSSR count). The SMILES string of the molecule is CC(CN1CCN(C)CC1)NCc1cc(Cl)ccc1OCc1cccnc1. The summed E-state index contributed by atoms with van der Waals surface area (Å²) < 4.78 is 6.02. The van der Waals surface area contributed by atoms with E-state index in [-0.39, 0.29) is 0 Å². The van der Waals surface area contributed by atoms with Gasteiger partial charge in [0.1, 0.15) is 12.4 Å². The topological polar surface area (TPSA) is 40.6 Å². The molecule has 1 saturated heterocycles. The van der Waals surface area contributed by atoms with Crippen molar-refractivity contribution in [3.05, 3.63) is 58.9 Å². The van der Waals surface area contributed by atoms with Gasteiger partial charge in [-0.1, -0.05) is 17.7 Å². The fourth-order valence-electron chi connectivity index (χ4n) is 3.24. The minimum absolute atomic E-state index is 0.401. The molecule has 6 heteroatoms. The Bertz CT molecular complexity index is 705. The third-order valence-corrected chi connectivity index (χ3v) is 5.14. The number of hydrogen-bond donors (Lipinski definition) is 1. The molecule has 0 radical (unpaired) electrons. The monoisotopic (exact) mass is 388 g/mol. The molecule has 1 aliphatic heterocycles. The Morgan fingerprint density at radius 3 is 2.78 bits per heavy atom. The van der Waals surface area contributed by atoms with Gasteiger partial charge in [0, 0.05) is 73.9 Å². The number of pyridine rings is 1. The molecular weight excluding hydrogens is 360 g/mol. The maximum Gasteiger partial charge on any atom is 0.124 e. The van der Waals surface area contributed by atoms with Crippen LogP contribution in [0.15, 0.2) is 42.7 Å². The standard InChI is InChI=1S/C21H29ClN4O/c1-17(15-26-10-8-25(2)9-11-26)24-14-19-12-20(22)5-6-21(19)27-16-18-4-3-7-23-13-18/h3-7,12-13,17,24H,8-11,14-16H2,1-2H3. The van der Waals surface area contributed by atoms with E-state index < -0.39 is 0 Å². The molecule has 27 heavy (non-hydrogen) atoms. The van der Waals surface area contributed by atoms with Crippen LogP contribution in [0.5, 0.6) is 5.75 Å². The lowest BCUT2D eigenvalue weighted by Gasteiger charge is -2.34. The van der Waals surface area contributed by atoms with E-state index in [0.717, 1.165) is 61.2 Å². The molecule has 0 spiro atoms. The van der Waals surface area contributed by atoms with E-state index in [1.165, 1.54) is 0 Å². The minimum atomic E-state index is 0.401. The first-order valence-corrected chi connectivity index (χ1v) is 9.92. The lowest BCUT2D eigenvalue weighted by atomic mass is 10.1. The fourth-order valence-corrected chi connectivity index (χ4v) is 3.43. The maximum absolute atomic E-state index is 6.21. The molecule has 0 bridgehead atoms. The van der Waals surface area contributed by atoms with Crippen LogP contribution in [0.25, 0.3) is 0 Å². The Kier molecular flexibility index (Phi) is 7.47. The van der Waals surface area contributed by atoms with Gasteiger partial charge in [-0.2, -0.15) is 0 Å². The smallest absolute Gasteiger partial charge is 0.124 e. The number of benzene rings is 1. The van der Waals surface area contributed by atoms with Crippen molar-refractivity contribution >= 4 is 11.6 Å². The molecule has 1 N–H and O–H groups in total. The van der Waals surface area contributed by atoms with Gasteiger partial charge in [0.2, 0.25) is 0 Å².